The Kier molecular flexibility index (Phi) is 5.38. The summed E-state index contributed by atoms with van der Waals surface area (Å²) in [7, 11) is -0.993. The summed E-state index contributed by atoms with van der Waals surface area (Å²) >= 11 is 0. The molecule has 6 nitrogen and oxygen atoms in total. The summed E-state index contributed by atoms with van der Waals surface area (Å²) in [4.78, 5) is 21.3. The molecule has 2 aromatic rings. The van der Waals surface area contributed by atoms with Gasteiger partial charge in [0.25, 0.3) is 0 Å². The van der Waals surface area contributed by atoms with E-state index in [-0.39, 0.29) is 23.6 Å². The smallest absolute Gasteiger partial charge is 0.225 e. The van der Waals surface area contributed by atoms with Gasteiger partial charge in [-0.15, -0.1) is 0 Å². The Morgan fingerprint density at radius 1 is 1.21 bits per heavy atom. The summed E-state index contributed by atoms with van der Waals surface area (Å²) in [6, 6.07) is 10.2. The third-order valence-corrected chi connectivity index (χ3v) is 7.82. The standard InChI is InChI=1S/C21H27N3O3S/c1-23(14-16-4-5-20-18(13-16)3-2-9-22-20)21(25)17-6-10-24(11-7-17)19-8-12-28(26,27)15-19/h2-5,9,13,17,19H,6-8,10-12,14-15H2,1H3. The molecule has 0 radical (unpaired) electrons. The van der Waals surface area contributed by atoms with Crippen LogP contribution >= 0.6 is 0 Å². The molecule has 1 unspecified atom stereocenters. The minimum Gasteiger partial charge on any atom is -0.341 e. The molecular formula is C21H27N3O3S. The van der Waals surface area contributed by atoms with Gasteiger partial charge in [-0.1, -0.05) is 12.1 Å². The van der Waals surface area contributed by atoms with Gasteiger partial charge in [0.1, 0.15) is 0 Å². The summed E-state index contributed by atoms with van der Waals surface area (Å²) in [5.41, 5.74) is 2.06. The Labute approximate surface area is 166 Å². The van der Waals surface area contributed by atoms with Gasteiger partial charge in [-0.2, -0.15) is 0 Å². The van der Waals surface area contributed by atoms with Crippen LogP contribution in [0.5, 0.6) is 0 Å². The first kappa shape index (κ1) is 19.3. The number of pyridine rings is 1. The van der Waals surface area contributed by atoms with E-state index < -0.39 is 9.84 Å². The molecule has 150 valence electrons. The first-order valence-corrected chi connectivity index (χ1v) is 11.8. The Balaban J connectivity index is 1.33. The zero-order valence-electron chi connectivity index (χ0n) is 16.3. The highest BCUT2D eigenvalue weighted by Gasteiger charge is 2.35. The first-order valence-electron chi connectivity index (χ1n) is 9.94. The fraction of sp³-hybridized carbons (Fsp3) is 0.524. The Hall–Kier alpha value is -1.99. The largest absolute Gasteiger partial charge is 0.341 e. The van der Waals surface area contributed by atoms with Crippen molar-refractivity contribution in [3.8, 4) is 0 Å². The second-order valence-electron chi connectivity index (χ2n) is 8.09. The topological polar surface area (TPSA) is 70.6 Å². The lowest BCUT2D eigenvalue weighted by molar-refractivity contribution is -0.136. The highest BCUT2D eigenvalue weighted by molar-refractivity contribution is 7.91. The van der Waals surface area contributed by atoms with E-state index in [2.05, 4.69) is 16.0 Å². The van der Waals surface area contributed by atoms with Crippen LogP contribution in [0.3, 0.4) is 0 Å². The Bertz CT molecular complexity index is 968. The molecule has 2 aliphatic heterocycles. The number of carbonyl (C=O) groups is 1. The van der Waals surface area contributed by atoms with Crippen molar-refractivity contribution >= 4 is 26.6 Å². The first-order chi connectivity index (χ1) is 13.4. The van der Waals surface area contributed by atoms with Crippen LogP contribution in [0.1, 0.15) is 24.8 Å². The lowest BCUT2D eigenvalue weighted by Crippen LogP contribution is -2.45. The van der Waals surface area contributed by atoms with Gasteiger partial charge in [0.05, 0.1) is 17.0 Å². The Morgan fingerprint density at radius 2 is 2.00 bits per heavy atom. The number of hydrogen-bond acceptors (Lipinski definition) is 5. The van der Waals surface area contributed by atoms with Crippen LogP contribution in [0, 0.1) is 5.92 Å². The van der Waals surface area contributed by atoms with E-state index in [0.717, 1.165) is 48.8 Å². The predicted octanol–water partition coefficient (Wildman–Crippen LogP) is 2.09. The minimum absolute atomic E-state index is 0.0291. The van der Waals surface area contributed by atoms with E-state index in [1.165, 1.54) is 0 Å². The van der Waals surface area contributed by atoms with Crippen molar-refractivity contribution in [3.63, 3.8) is 0 Å². The molecule has 3 heterocycles. The number of benzene rings is 1. The number of rotatable bonds is 4. The maximum atomic E-state index is 12.9. The monoisotopic (exact) mass is 401 g/mol. The van der Waals surface area contributed by atoms with Gasteiger partial charge < -0.3 is 4.90 Å². The number of piperidine rings is 1. The van der Waals surface area contributed by atoms with Gasteiger partial charge in [0, 0.05) is 37.1 Å². The van der Waals surface area contributed by atoms with Gasteiger partial charge in [-0.25, -0.2) is 8.42 Å². The van der Waals surface area contributed by atoms with E-state index in [1.807, 2.05) is 36.2 Å². The van der Waals surface area contributed by atoms with E-state index in [4.69, 9.17) is 0 Å². The van der Waals surface area contributed by atoms with E-state index in [0.29, 0.717) is 12.3 Å². The molecule has 4 rings (SSSR count). The predicted molar refractivity (Wildman–Crippen MR) is 110 cm³/mol. The molecule has 28 heavy (non-hydrogen) atoms. The van der Waals surface area contributed by atoms with E-state index >= 15 is 0 Å². The molecule has 0 N–H and O–H groups in total. The fourth-order valence-electron chi connectivity index (χ4n) is 4.46. The highest BCUT2D eigenvalue weighted by atomic mass is 32.2. The molecule has 0 aliphatic carbocycles. The van der Waals surface area contributed by atoms with Gasteiger partial charge in [0.2, 0.25) is 5.91 Å². The number of amides is 1. The summed E-state index contributed by atoms with van der Waals surface area (Å²) in [5, 5.41) is 1.08. The van der Waals surface area contributed by atoms with Crippen molar-refractivity contribution in [1.82, 2.24) is 14.8 Å². The summed E-state index contributed by atoms with van der Waals surface area (Å²) in [6.45, 7) is 2.21. The molecule has 0 bridgehead atoms. The van der Waals surface area contributed by atoms with Crippen molar-refractivity contribution < 1.29 is 13.2 Å². The van der Waals surface area contributed by atoms with Crippen LogP contribution in [-0.2, 0) is 21.2 Å². The zero-order valence-corrected chi connectivity index (χ0v) is 17.1. The normalized spacial score (nSPS) is 23.1. The molecule has 1 aromatic heterocycles. The fourth-order valence-corrected chi connectivity index (χ4v) is 6.22. The number of carbonyl (C=O) groups excluding carboxylic acids is 1. The molecule has 2 fully saturated rings. The third-order valence-electron chi connectivity index (χ3n) is 6.07. The number of fused-ring (bicyclic) bond motifs is 1. The molecule has 0 spiro atoms. The number of nitrogens with zero attached hydrogens (tertiary/aromatic N) is 3. The average molecular weight is 402 g/mol. The second kappa shape index (κ2) is 7.79. The van der Waals surface area contributed by atoms with Crippen LogP contribution in [0.4, 0.5) is 0 Å². The second-order valence-corrected chi connectivity index (χ2v) is 10.3. The van der Waals surface area contributed by atoms with Gasteiger partial charge >= 0.3 is 0 Å². The maximum Gasteiger partial charge on any atom is 0.225 e. The van der Waals surface area contributed by atoms with Crippen molar-refractivity contribution in [3.05, 3.63) is 42.1 Å². The quantitative estimate of drug-likeness (QED) is 0.785. The van der Waals surface area contributed by atoms with Crippen LogP contribution in [0.15, 0.2) is 36.5 Å². The van der Waals surface area contributed by atoms with Gasteiger partial charge in [-0.3, -0.25) is 14.7 Å². The summed E-state index contributed by atoms with van der Waals surface area (Å²) < 4.78 is 23.4. The molecule has 0 saturated carbocycles. The lowest BCUT2D eigenvalue weighted by atomic mass is 9.94. The summed E-state index contributed by atoms with van der Waals surface area (Å²) in [5.74, 6) is 0.800. The molecule has 2 saturated heterocycles. The average Bonchev–Trinajstić information content (AvgIpc) is 3.07. The maximum absolute atomic E-state index is 12.9. The van der Waals surface area contributed by atoms with Crippen LogP contribution in [0.25, 0.3) is 10.9 Å². The molecule has 7 heteroatoms. The van der Waals surface area contributed by atoms with Crippen molar-refractivity contribution in [2.45, 2.75) is 31.8 Å². The molecule has 1 aromatic carbocycles. The van der Waals surface area contributed by atoms with Crippen molar-refractivity contribution in [2.24, 2.45) is 5.92 Å². The van der Waals surface area contributed by atoms with Crippen LogP contribution in [0.2, 0.25) is 0 Å². The molecular weight excluding hydrogens is 374 g/mol. The molecule has 1 atom stereocenters. The van der Waals surface area contributed by atoms with Gasteiger partial charge in [0.15, 0.2) is 9.84 Å². The molecule has 2 aliphatic rings. The van der Waals surface area contributed by atoms with E-state index in [1.54, 1.807) is 6.20 Å². The number of hydrogen-bond donors (Lipinski definition) is 0. The van der Waals surface area contributed by atoms with Crippen LogP contribution in [-0.4, -0.2) is 66.8 Å². The van der Waals surface area contributed by atoms with Gasteiger partial charge in [-0.05, 0) is 56.1 Å². The highest BCUT2D eigenvalue weighted by Crippen LogP contribution is 2.26. The Morgan fingerprint density at radius 3 is 2.71 bits per heavy atom. The van der Waals surface area contributed by atoms with Crippen molar-refractivity contribution in [2.75, 3.05) is 31.6 Å². The van der Waals surface area contributed by atoms with Crippen molar-refractivity contribution in [1.29, 1.82) is 0 Å². The third kappa shape index (κ3) is 4.20. The number of sulfone groups is 1. The van der Waals surface area contributed by atoms with E-state index in [9.17, 15) is 13.2 Å². The number of aromatic nitrogens is 1. The SMILES string of the molecule is CN(Cc1ccc2ncccc2c1)C(=O)C1CCN(C2CCS(=O)(=O)C2)CC1. The molecule has 1 amide bonds. The lowest BCUT2D eigenvalue weighted by Gasteiger charge is -2.36. The minimum atomic E-state index is -2.86. The van der Waals surface area contributed by atoms with Crippen LogP contribution < -0.4 is 0 Å². The zero-order chi connectivity index (χ0) is 19.7. The number of likely N-dealkylation sites (tertiary alicyclic amines) is 1. The summed E-state index contributed by atoms with van der Waals surface area (Å²) in [6.07, 6.45) is 4.13.